The maximum atomic E-state index is 14.3. The van der Waals surface area contributed by atoms with Crippen molar-refractivity contribution in [3.63, 3.8) is 0 Å². The Bertz CT molecular complexity index is 755. The average molecular weight is 419 g/mol. The number of anilines is 1. The fourth-order valence-electron chi connectivity index (χ4n) is 4.31. The van der Waals surface area contributed by atoms with E-state index in [0.717, 1.165) is 44.3 Å². The summed E-state index contributed by atoms with van der Waals surface area (Å²) in [4.78, 5) is 28.6. The summed E-state index contributed by atoms with van der Waals surface area (Å²) in [5.41, 5.74) is 1.65. The van der Waals surface area contributed by atoms with Crippen LogP contribution >= 0.6 is 0 Å². The quantitative estimate of drug-likeness (QED) is 0.771. The average Bonchev–Trinajstić information content (AvgIpc) is 2.74. The third kappa shape index (κ3) is 5.86. The molecule has 7 heteroatoms. The molecule has 0 radical (unpaired) electrons. The molecule has 2 aliphatic heterocycles. The van der Waals surface area contributed by atoms with E-state index < -0.39 is 0 Å². The molecule has 30 heavy (non-hydrogen) atoms. The number of nitrogens with one attached hydrogen (secondary N) is 2. The van der Waals surface area contributed by atoms with Gasteiger partial charge in [-0.05, 0) is 56.2 Å². The maximum absolute atomic E-state index is 14.3. The first-order valence-corrected chi connectivity index (χ1v) is 11.2. The molecular weight excluding hydrogens is 383 g/mol. The smallest absolute Gasteiger partial charge is 0.317 e. The monoisotopic (exact) mass is 418 g/mol. The number of benzene rings is 1. The number of nitrogens with zero attached hydrogens (tertiary/aromatic N) is 2. The molecule has 0 aliphatic carbocycles. The topological polar surface area (TPSA) is 64.7 Å². The molecule has 2 aliphatic rings. The van der Waals surface area contributed by atoms with Gasteiger partial charge in [0.15, 0.2) is 0 Å². The van der Waals surface area contributed by atoms with Crippen molar-refractivity contribution < 1.29 is 14.0 Å². The van der Waals surface area contributed by atoms with Crippen LogP contribution in [0.4, 0.5) is 14.9 Å². The molecule has 2 atom stereocenters. The van der Waals surface area contributed by atoms with Crippen molar-refractivity contribution >= 4 is 17.6 Å². The highest BCUT2D eigenvalue weighted by Gasteiger charge is 2.28. The molecule has 0 spiro atoms. The normalized spacial score (nSPS) is 22.2. The van der Waals surface area contributed by atoms with Gasteiger partial charge < -0.3 is 20.4 Å². The van der Waals surface area contributed by atoms with Crippen molar-refractivity contribution in [1.29, 1.82) is 0 Å². The summed E-state index contributed by atoms with van der Waals surface area (Å²) < 4.78 is 14.3. The Morgan fingerprint density at radius 3 is 2.70 bits per heavy atom. The van der Waals surface area contributed by atoms with E-state index in [-0.39, 0.29) is 35.6 Å². The van der Waals surface area contributed by atoms with Crippen LogP contribution in [0.1, 0.15) is 45.1 Å². The third-order valence-electron chi connectivity index (χ3n) is 6.09. The summed E-state index contributed by atoms with van der Waals surface area (Å²) in [7, 11) is 0. The highest BCUT2D eigenvalue weighted by molar-refractivity contribution is 5.78. The Hall–Kier alpha value is -2.31. The largest absolute Gasteiger partial charge is 0.367 e. The number of carbonyl (C=O) groups is 2. The molecule has 6 nitrogen and oxygen atoms in total. The molecule has 3 rings (SSSR count). The van der Waals surface area contributed by atoms with E-state index in [1.807, 2.05) is 36.6 Å². The minimum atomic E-state index is -0.213. The first-order valence-electron chi connectivity index (χ1n) is 11.2. The fraction of sp³-hybridized carbons (Fsp3) is 0.652. The zero-order valence-corrected chi connectivity index (χ0v) is 18.4. The predicted octanol–water partition coefficient (Wildman–Crippen LogP) is 3.30. The second-order valence-electron chi connectivity index (χ2n) is 9.04. The van der Waals surface area contributed by atoms with Gasteiger partial charge in [-0.2, -0.15) is 0 Å². The number of rotatable bonds is 5. The summed E-state index contributed by atoms with van der Waals surface area (Å²) in [6.45, 7) is 9.16. The summed E-state index contributed by atoms with van der Waals surface area (Å²) in [5.74, 6) is 0.106. The van der Waals surface area contributed by atoms with Gasteiger partial charge in [0.05, 0.1) is 5.69 Å². The van der Waals surface area contributed by atoms with Crippen molar-refractivity contribution in [2.75, 3.05) is 37.6 Å². The van der Waals surface area contributed by atoms with Crippen molar-refractivity contribution in [3.8, 4) is 0 Å². The Morgan fingerprint density at radius 2 is 1.93 bits per heavy atom. The van der Waals surface area contributed by atoms with Crippen LogP contribution in [0.15, 0.2) is 18.2 Å². The lowest BCUT2D eigenvalue weighted by atomic mass is 9.98. The predicted molar refractivity (Wildman–Crippen MR) is 117 cm³/mol. The van der Waals surface area contributed by atoms with E-state index in [0.29, 0.717) is 25.3 Å². The number of aryl methyl sites for hydroxylation is 1. The Kier molecular flexibility index (Phi) is 7.56. The molecule has 3 amide bonds. The summed E-state index contributed by atoms with van der Waals surface area (Å²) in [6.07, 6.45) is 3.78. The molecule has 166 valence electrons. The van der Waals surface area contributed by atoms with Gasteiger partial charge in [-0.25, -0.2) is 9.18 Å². The van der Waals surface area contributed by atoms with Crippen LogP contribution < -0.4 is 15.5 Å². The molecule has 1 aromatic rings. The van der Waals surface area contributed by atoms with Gasteiger partial charge in [-0.1, -0.05) is 19.9 Å². The molecule has 2 unspecified atom stereocenters. The molecule has 0 saturated carbocycles. The third-order valence-corrected chi connectivity index (χ3v) is 6.09. The molecule has 0 bridgehead atoms. The van der Waals surface area contributed by atoms with Crippen LogP contribution in [0.2, 0.25) is 0 Å². The molecule has 2 heterocycles. The molecule has 2 fully saturated rings. The molecule has 2 saturated heterocycles. The van der Waals surface area contributed by atoms with E-state index >= 15 is 0 Å². The van der Waals surface area contributed by atoms with Crippen LogP contribution in [-0.4, -0.2) is 55.6 Å². The Balaban J connectivity index is 1.52. The van der Waals surface area contributed by atoms with Crippen LogP contribution in [-0.2, 0) is 4.79 Å². The van der Waals surface area contributed by atoms with E-state index in [4.69, 9.17) is 0 Å². The Labute approximate surface area is 179 Å². The SMILES string of the molecule is Cc1ccc(F)c(N2CCCC(NC(=O)N3CCCC(CNC(=O)C(C)C)C3)C2)c1. The number of piperidine rings is 2. The van der Waals surface area contributed by atoms with E-state index in [1.54, 1.807) is 6.07 Å². The number of hydrogen-bond donors (Lipinski definition) is 2. The molecular formula is C23H35FN4O2. The van der Waals surface area contributed by atoms with Gasteiger partial charge in [0.1, 0.15) is 5.82 Å². The van der Waals surface area contributed by atoms with Gasteiger partial charge in [0, 0.05) is 44.7 Å². The first-order chi connectivity index (χ1) is 14.3. The number of halogens is 1. The van der Waals surface area contributed by atoms with Crippen molar-refractivity contribution in [1.82, 2.24) is 15.5 Å². The van der Waals surface area contributed by atoms with Gasteiger partial charge in [0.2, 0.25) is 5.91 Å². The van der Waals surface area contributed by atoms with Crippen molar-refractivity contribution in [2.45, 2.75) is 52.5 Å². The van der Waals surface area contributed by atoms with Gasteiger partial charge in [0.25, 0.3) is 0 Å². The number of amides is 3. The van der Waals surface area contributed by atoms with Gasteiger partial charge in [-0.15, -0.1) is 0 Å². The van der Waals surface area contributed by atoms with Crippen LogP contribution in [0.5, 0.6) is 0 Å². The number of carbonyl (C=O) groups excluding carboxylic acids is 2. The van der Waals surface area contributed by atoms with Crippen LogP contribution in [0.3, 0.4) is 0 Å². The number of likely N-dealkylation sites (tertiary alicyclic amines) is 1. The van der Waals surface area contributed by atoms with Crippen molar-refractivity contribution in [3.05, 3.63) is 29.6 Å². The van der Waals surface area contributed by atoms with Gasteiger partial charge in [-0.3, -0.25) is 4.79 Å². The van der Waals surface area contributed by atoms with Crippen LogP contribution in [0.25, 0.3) is 0 Å². The first kappa shape index (κ1) is 22.4. The second-order valence-corrected chi connectivity index (χ2v) is 9.04. The number of urea groups is 1. The zero-order chi connectivity index (χ0) is 21.7. The second kappa shape index (κ2) is 10.1. The summed E-state index contributed by atoms with van der Waals surface area (Å²) >= 11 is 0. The lowest BCUT2D eigenvalue weighted by molar-refractivity contribution is -0.124. The minimum Gasteiger partial charge on any atom is -0.367 e. The summed E-state index contributed by atoms with van der Waals surface area (Å²) in [5, 5.41) is 6.15. The molecule has 1 aromatic carbocycles. The number of hydrogen-bond acceptors (Lipinski definition) is 3. The van der Waals surface area contributed by atoms with E-state index in [9.17, 15) is 14.0 Å². The lowest BCUT2D eigenvalue weighted by Crippen LogP contribution is -2.54. The minimum absolute atomic E-state index is 0.00665. The molecule has 0 aromatic heterocycles. The maximum Gasteiger partial charge on any atom is 0.317 e. The van der Waals surface area contributed by atoms with Gasteiger partial charge >= 0.3 is 6.03 Å². The lowest BCUT2D eigenvalue weighted by Gasteiger charge is -2.38. The zero-order valence-electron chi connectivity index (χ0n) is 18.4. The standard InChI is InChI=1S/C23H35FN4O2/c1-16(2)22(29)25-13-18-6-4-11-28(14-18)23(30)26-19-7-5-10-27(15-19)21-12-17(3)8-9-20(21)24/h8-9,12,16,18-19H,4-7,10-11,13-15H2,1-3H3,(H,25,29)(H,26,30). The Morgan fingerprint density at radius 1 is 1.17 bits per heavy atom. The van der Waals surface area contributed by atoms with E-state index in [1.165, 1.54) is 6.07 Å². The van der Waals surface area contributed by atoms with Crippen molar-refractivity contribution in [2.24, 2.45) is 11.8 Å². The highest BCUT2D eigenvalue weighted by atomic mass is 19.1. The molecule has 2 N–H and O–H groups in total. The van der Waals surface area contributed by atoms with Crippen LogP contribution in [0, 0.1) is 24.6 Å². The summed E-state index contributed by atoms with van der Waals surface area (Å²) in [6, 6.07) is 5.12. The fourth-order valence-corrected chi connectivity index (χ4v) is 4.31. The van der Waals surface area contributed by atoms with E-state index in [2.05, 4.69) is 10.6 Å². The highest BCUT2D eigenvalue weighted by Crippen LogP contribution is 2.25.